The molecular formula is C15H26O. The van der Waals surface area contributed by atoms with Crippen molar-refractivity contribution in [1.82, 2.24) is 0 Å². The standard InChI is InChI=1S/C15H26O/c1-9-4-5-14-12(6-9)13-7-10(2)11(3)8-15(13)16-14/h9-15H,4-8H2,1-3H3. The lowest BCUT2D eigenvalue weighted by molar-refractivity contribution is -0.0134. The minimum Gasteiger partial charge on any atom is -0.374 e. The van der Waals surface area contributed by atoms with E-state index < -0.39 is 0 Å². The fourth-order valence-electron chi connectivity index (χ4n) is 4.43. The zero-order valence-electron chi connectivity index (χ0n) is 11.0. The molecule has 0 bridgehead atoms. The number of hydrogen-bond donors (Lipinski definition) is 0. The van der Waals surface area contributed by atoms with Crippen molar-refractivity contribution in [2.45, 2.75) is 65.1 Å². The van der Waals surface area contributed by atoms with Crippen LogP contribution in [0.3, 0.4) is 0 Å². The van der Waals surface area contributed by atoms with Gasteiger partial charge in [0.25, 0.3) is 0 Å². The maximum atomic E-state index is 6.34. The van der Waals surface area contributed by atoms with Crippen molar-refractivity contribution >= 4 is 0 Å². The molecule has 1 heterocycles. The molecule has 0 aromatic heterocycles. The minimum absolute atomic E-state index is 0.617. The van der Waals surface area contributed by atoms with E-state index in [-0.39, 0.29) is 0 Å². The van der Waals surface area contributed by atoms with Gasteiger partial charge in [-0.05, 0) is 61.7 Å². The largest absolute Gasteiger partial charge is 0.374 e. The van der Waals surface area contributed by atoms with E-state index in [0.29, 0.717) is 12.2 Å². The average molecular weight is 222 g/mol. The molecule has 0 N–H and O–H groups in total. The zero-order valence-corrected chi connectivity index (χ0v) is 11.0. The quantitative estimate of drug-likeness (QED) is 0.604. The molecule has 3 fully saturated rings. The summed E-state index contributed by atoms with van der Waals surface area (Å²) in [5.41, 5.74) is 0. The predicted molar refractivity (Wildman–Crippen MR) is 66.2 cm³/mol. The molecule has 0 spiro atoms. The van der Waals surface area contributed by atoms with Gasteiger partial charge >= 0.3 is 0 Å². The monoisotopic (exact) mass is 222 g/mol. The second-order valence-electron chi connectivity index (χ2n) is 6.88. The van der Waals surface area contributed by atoms with Crippen LogP contribution >= 0.6 is 0 Å². The Morgan fingerprint density at radius 2 is 1.44 bits per heavy atom. The van der Waals surface area contributed by atoms with Crippen molar-refractivity contribution in [3.63, 3.8) is 0 Å². The van der Waals surface area contributed by atoms with Crippen LogP contribution in [0, 0.1) is 29.6 Å². The van der Waals surface area contributed by atoms with E-state index in [1.165, 1.54) is 32.1 Å². The van der Waals surface area contributed by atoms with E-state index in [4.69, 9.17) is 4.74 Å². The Morgan fingerprint density at radius 3 is 2.25 bits per heavy atom. The highest BCUT2D eigenvalue weighted by molar-refractivity contribution is 4.97. The normalized spacial score (nSPS) is 56.8. The van der Waals surface area contributed by atoms with E-state index in [9.17, 15) is 0 Å². The number of hydrogen-bond acceptors (Lipinski definition) is 1. The summed E-state index contributed by atoms with van der Waals surface area (Å²) in [4.78, 5) is 0. The molecule has 92 valence electrons. The van der Waals surface area contributed by atoms with Crippen LogP contribution in [0.25, 0.3) is 0 Å². The Labute approximate surface area is 99.9 Å². The van der Waals surface area contributed by atoms with Gasteiger partial charge in [0.15, 0.2) is 0 Å². The SMILES string of the molecule is CC1CCC2OC3CC(C)C(C)CC3C2C1. The van der Waals surface area contributed by atoms with Crippen molar-refractivity contribution in [3.05, 3.63) is 0 Å². The third kappa shape index (κ3) is 1.72. The van der Waals surface area contributed by atoms with Gasteiger partial charge in [-0.25, -0.2) is 0 Å². The van der Waals surface area contributed by atoms with Crippen LogP contribution in [0.4, 0.5) is 0 Å². The topological polar surface area (TPSA) is 9.23 Å². The lowest BCUT2D eigenvalue weighted by Gasteiger charge is -2.37. The molecule has 16 heavy (non-hydrogen) atoms. The molecule has 0 aromatic carbocycles. The van der Waals surface area contributed by atoms with Crippen molar-refractivity contribution in [3.8, 4) is 0 Å². The Bertz CT molecular complexity index is 262. The fourth-order valence-corrected chi connectivity index (χ4v) is 4.43. The summed E-state index contributed by atoms with van der Waals surface area (Å²) in [6.07, 6.45) is 8.17. The maximum Gasteiger partial charge on any atom is 0.0613 e. The summed E-state index contributed by atoms with van der Waals surface area (Å²) in [7, 11) is 0. The fraction of sp³-hybridized carbons (Fsp3) is 1.00. The van der Waals surface area contributed by atoms with E-state index >= 15 is 0 Å². The van der Waals surface area contributed by atoms with Crippen molar-refractivity contribution < 1.29 is 4.74 Å². The second-order valence-corrected chi connectivity index (χ2v) is 6.88. The van der Waals surface area contributed by atoms with Gasteiger partial charge in [-0.2, -0.15) is 0 Å². The molecule has 1 heteroatoms. The van der Waals surface area contributed by atoms with Gasteiger partial charge in [0.2, 0.25) is 0 Å². The maximum absolute atomic E-state index is 6.34. The molecule has 0 amide bonds. The summed E-state index contributed by atoms with van der Waals surface area (Å²) in [5.74, 6) is 4.54. The zero-order chi connectivity index (χ0) is 11.3. The summed E-state index contributed by atoms with van der Waals surface area (Å²) >= 11 is 0. The smallest absolute Gasteiger partial charge is 0.0613 e. The molecule has 3 aliphatic rings. The molecule has 0 aromatic rings. The first-order valence-corrected chi connectivity index (χ1v) is 7.30. The van der Waals surface area contributed by atoms with Crippen molar-refractivity contribution in [2.24, 2.45) is 29.6 Å². The highest BCUT2D eigenvalue weighted by atomic mass is 16.5. The Kier molecular flexibility index (Phi) is 2.78. The predicted octanol–water partition coefficient (Wildman–Crippen LogP) is 3.87. The lowest BCUT2D eigenvalue weighted by Crippen LogP contribution is -2.34. The summed E-state index contributed by atoms with van der Waals surface area (Å²) < 4.78 is 6.34. The summed E-state index contributed by atoms with van der Waals surface area (Å²) in [6, 6.07) is 0. The van der Waals surface area contributed by atoms with Crippen molar-refractivity contribution in [1.29, 1.82) is 0 Å². The van der Waals surface area contributed by atoms with Crippen LogP contribution in [0.15, 0.2) is 0 Å². The average Bonchev–Trinajstić information content (AvgIpc) is 2.57. The molecule has 7 unspecified atom stereocenters. The van der Waals surface area contributed by atoms with Crippen LogP contribution in [0.1, 0.15) is 52.9 Å². The number of ether oxygens (including phenoxy) is 1. The van der Waals surface area contributed by atoms with E-state index in [2.05, 4.69) is 20.8 Å². The van der Waals surface area contributed by atoms with Crippen LogP contribution in [0.5, 0.6) is 0 Å². The molecule has 1 nitrogen and oxygen atoms in total. The molecule has 2 aliphatic carbocycles. The molecular weight excluding hydrogens is 196 g/mol. The van der Waals surface area contributed by atoms with E-state index in [1.54, 1.807) is 0 Å². The number of rotatable bonds is 0. The van der Waals surface area contributed by atoms with Gasteiger partial charge in [0, 0.05) is 0 Å². The first kappa shape index (κ1) is 11.1. The summed E-state index contributed by atoms with van der Waals surface area (Å²) in [6.45, 7) is 7.29. The summed E-state index contributed by atoms with van der Waals surface area (Å²) in [5, 5.41) is 0. The van der Waals surface area contributed by atoms with Gasteiger partial charge in [0.1, 0.15) is 0 Å². The second kappa shape index (κ2) is 4.01. The van der Waals surface area contributed by atoms with Crippen LogP contribution in [-0.4, -0.2) is 12.2 Å². The van der Waals surface area contributed by atoms with Gasteiger partial charge < -0.3 is 4.74 Å². The third-order valence-electron chi connectivity index (χ3n) is 5.69. The number of fused-ring (bicyclic) bond motifs is 3. The van der Waals surface area contributed by atoms with E-state index in [1.807, 2.05) is 0 Å². The first-order valence-electron chi connectivity index (χ1n) is 7.30. The van der Waals surface area contributed by atoms with Gasteiger partial charge in [0.05, 0.1) is 12.2 Å². The van der Waals surface area contributed by atoms with Gasteiger partial charge in [-0.3, -0.25) is 0 Å². The first-order chi connectivity index (χ1) is 7.65. The molecule has 7 atom stereocenters. The molecule has 1 aliphatic heterocycles. The Morgan fingerprint density at radius 1 is 0.750 bits per heavy atom. The molecule has 1 saturated heterocycles. The molecule has 3 rings (SSSR count). The van der Waals surface area contributed by atoms with Crippen LogP contribution < -0.4 is 0 Å². The molecule has 0 radical (unpaired) electrons. The minimum atomic E-state index is 0.617. The Balaban J connectivity index is 1.75. The van der Waals surface area contributed by atoms with Gasteiger partial charge in [-0.15, -0.1) is 0 Å². The van der Waals surface area contributed by atoms with E-state index in [0.717, 1.165) is 29.6 Å². The highest BCUT2D eigenvalue weighted by Gasteiger charge is 2.49. The molecule has 2 saturated carbocycles. The van der Waals surface area contributed by atoms with Crippen molar-refractivity contribution in [2.75, 3.05) is 0 Å². The van der Waals surface area contributed by atoms with Crippen LogP contribution in [-0.2, 0) is 4.74 Å². The Hall–Kier alpha value is -0.0400. The van der Waals surface area contributed by atoms with Crippen LogP contribution in [0.2, 0.25) is 0 Å². The third-order valence-corrected chi connectivity index (χ3v) is 5.69. The van der Waals surface area contributed by atoms with Gasteiger partial charge in [-0.1, -0.05) is 20.8 Å². The highest BCUT2D eigenvalue weighted by Crippen LogP contribution is 2.50. The lowest BCUT2D eigenvalue weighted by atomic mass is 9.66.